The molecule has 0 radical (unpaired) electrons. The molecule has 2 aromatic rings. The minimum absolute atomic E-state index is 0.711. The van der Waals surface area contributed by atoms with Gasteiger partial charge in [-0.15, -0.1) is 6.58 Å². The first-order valence-corrected chi connectivity index (χ1v) is 8.84. The maximum Gasteiger partial charge on any atom is 0.135 e. The molecule has 3 heteroatoms. The maximum absolute atomic E-state index is 11.5. The average Bonchev–Trinajstić information content (AvgIpc) is 2.81. The van der Waals surface area contributed by atoms with Crippen molar-refractivity contribution in [3.05, 3.63) is 72.3 Å². The molecule has 1 N–H and O–H groups in total. The molecular formula is C22H23NO2. The first kappa shape index (κ1) is 16.1. The van der Waals surface area contributed by atoms with Gasteiger partial charge in [-0.05, 0) is 36.6 Å². The van der Waals surface area contributed by atoms with E-state index in [1.807, 2.05) is 54.6 Å². The van der Waals surface area contributed by atoms with Crippen LogP contribution in [0.4, 0.5) is 0 Å². The predicted octanol–water partition coefficient (Wildman–Crippen LogP) is 4.35. The summed E-state index contributed by atoms with van der Waals surface area (Å²) in [6.07, 6.45) is 5.45. The van der Waals surface area contributed by atoms with Crippen LogP contribution in [0.25, 0.3) is 11.6 Å². The van der Waals surface area contributed by atoms with Crippen LogP contribution in [0.1, 0.15) is 24.0 Å². The van der Waals surface area contributed by atoms with Crippen molar-refractivity contribution in [2.45, 2.75) is 18.4 Å². The van der Waals surface area contributed by atoms with Crippen molar-refractivity contribution in [2.24, 2.45) is 0 Å². The van der Waals surface area contributed by atoms with Crippen LogP contribution in [0.5, 0.6) is 11.5 Å². The van der Waals surface area contributed by atoms with Crippen LogP contribution < -0.4 is 4.74 Å². The Morgan fingerprint density at radius 1 is 1.04 bits per heavy atom. The first-order chi connectivity index (χ1) is 12.2. The molecule has 0 spiro atoms. The molecular weight excluding hydrogens is 310 g/mol. The van der Waals surface area contributed by atoms with Gasteiger partial charge in [0, 0.05) is 30.8 Å². The Balaban J connectivity index is 1.77. The number of hydrogen-bond donors (Lipinski definition) is 1. The highest BCUT2D eigenvalue weighted by Crippen LogP contribution is 2.45. The van der Waals surface area contributed by atoms with E-state index in [0.29, 0.717) is 12.8 Å². The SMILES string of the molecule is C=CCN1CCC(O)(C2=Cc3ccccc3Oc3ccccc32)CC1. The summed E-state index contributed by atoms with van der Waals surface area (Å²) in [6.45, 7) is 6.42. The fourth-order valence-corrected chi connectivity index (χ4v) is 3.77. The van der Waals surface area contributed by atoms with E-state index < -0.39 is 5.60 Å². The van der Waals surface area contributed by atoms with Crippen molar-refractivity contribution in [2.75, 3.05) is 19.6 Å². The van der Waals surface area contributed by atoms with Gasteiger partial charge >= 0.3 is 0 Å². The third-order valence-electron chi connectivity index (χ3n) is 5.19. The molecule has 2 aromatic carbocycles. The van der Waals surface area contributed by atoms with Crippen LogP contribution in [0.3, 0.4) is 0 Å². The summed E-state index contributed by atoms with van der Waals surface area (Å²) < 4.78 is 6.14. The standard InChI is InChI=1S/C22H23NO2/c1-2-13-23-14-11-22(24,12-15-23)19-16-17-7-3-5-9-20(17)25-21-10-6-4-8-18(19)21/h2-10,16,24H,1,11-15H2. The zero-order valence-corrected chi connectivity index (χ0v) is 14.3. The van der Waals surface area contributed by atoms with Gasteiger partial charge in [-0.25, -0.2) is 0 Å². The molecule has 0 unspecified atom stereocenters. The van der Waals surface area contributed by atoms with Gasteiger partial charge < -0.3 is 9.84 Å². The van der Waals surface area contributed by atoms with Gasteiger partial charge in [0.2, 0.25) is 0 Å². The molecule has 2 heterocycles. The Morgan fingerprint density at radius 2 is 1.72 bits per heavy atom. The fraction of sp³-hybridized carbons (Fsp3) is 0.273. The number of ether oxygens (including phenoxy) is 1. The van der Waals surface area contributed by atoms with E-state index in [4.69, 9.17) is 4.74 Å². The van der Waals surface area contributed by atoms with Crippen LogP contribution in [0.15, 0.2) is 61.2 Å². The molecule has 3 nitrogen and oxygen atoms in total. The van der Waals surface area contributed by atoms with Gasteiger partial charge in [0.15, 0.2) is 0 Å². The van der Waals surface area contributed by atoms with Gasteiger partial charge in [-0.3, -0.25) is 4.90 Å². The van der Waals surface area contributed by atoms with Crippen LogP contribution in [-0.2, 0) is 0 Å². The molecule has 1 fully saturated rings. The van der Waals surface area contributed by atoms with Crippen molar-refractivity contribution in [1.82, 2.24) is 4.90 Å². The van der Waals surface area contributed by atoms with E-state index in [0.717, 1.165) is 47.8 Å². The van der Waals surface area contributed by atoms with Crippen molar-refractivity contribution in [1.29, 1.82) is 0 Å². The zero-order chi connectivity index (χ0) is 17.3. The summed E-state index contributed by atoms with van der Waals surface area (Å²) in [5.41, 5.74) is 2.12. The van der Waals surface area contributed by atoms with Crippen LogP contribution >= 0.6 is 0 Å². The molecule has 4 rings (SSSR count). The maximum atomic E-state index is 11.5. The number of fused-ring (bicyclic) bond motifs is 2. The van der Waals surface area contributed by atoms with Crippen LogP contribution in [-0.4, -0.2) is 35.2 Å². The molecule has 0 aromatic heterocycles. The smallest absolute Gasteiger partial charge is 0.135 e. The van der Waals surface area contributed by atoms with Gasteiger partial charge in [0.05, 0.1) is 5.60 Å². The van der Waals surface area contributed by atoms with Gasteiger partial charge in [-0.2, -0.15) is 0 Å². The van der Waals surface area contributed by atoms with Crippen molar-refractivity contribution < 1.29 is 9.84 Å². The lowest BCUT2D eigenvalue weighted by Crippen LogP contribution is -2.45. The Bertz CT molecular complexity index is 816. The predicted molar refractivity (Wildman–Crippen MR) is 102 cm³/mol. The molecule has 1 saturated heterocycles. The van der Waals surface area contributed by atoms with E-state index in [9.17, 15) is 5.11 Å². The van der Waals surface area contributed by atoms with Gasteiger partial charge in [-0.1, -0.05) is 42.5 Å². The van der Waals surface area contributed by atoms with E-state index in [2.05, 4.69) is 17.6 Å². The summed E-state index contributed by atoms with van der Waals surface area (Å²) in [6, 6.07) is 16.0. The van der Waals surface area contributed by atoms with E-state index >= 15 is 0 Å². The molecule has 2 aliphatic heterocycles. The normalized spacial score (nSPS) is 19.0. The van der Waals surface area contributed by atoms with Crippen molar-refractivity contribution in [3.63, 3.8) is 0 Å². The molecule has 0 aliphatic carbocycles. The molecule has 0 saturated carbocycles. The summed E-state index contributed by atoms with van der Waals surface area (Å²) in [4.78, 5) is 2.33. The van der Waals surface area contributed by atoms with E-state index in [1.165, 1.54) is 0 Å². The number of hydrogen-bond acceptors (Lipinski definition) is 3. The lowest BCUT2D eigenvalue weighted by Gasteiger charge is -2.39. The second-order valence-corrected chi connectivity index (χ2v) is 6.81. The summed E-state index contributed by atoms with van der Waals surface area (Å²) in [7, 11) is 0. The number of rotatable bonds is 3. The highest BCUT2D eigenvalue weighted by atomic mass is 16.5. The van der Waals surface area contributed by atoms with Crippen LogP contribution in [0, 0.1) is 0 Å². The summed E-state index contributed by atoms with van der Waals surface area (Å²) in [5, 5.41) is 11.5. The van der Waals surface area contributed by atoms with Crippen molar-refractivity contribution in [3.8, 4) is 11.5 Å². The lowest BCUT2D eigenvalue weighted by molar-refractivity contribution is 0.0316. The average molecular weight is 333 g/mol. The number of piperidine rings is 1. The second kappa shape index (κ2) is 6.51. The highest BCUT2D eigenvalue weighted by Gasteiger charge is 2.38. The fourth-order valence-electron chi connectivity index (χ4n) is 3.77. The monoisotopic (exact) mass is 333 g/mol. The number of aliphatic hydroxyl groups is 1. The Labute approximate surface area is 148 Å². The second-order valence-electron chi connectivity index (χ2n) is 6.81. The molecule has 0 amide bonds. The quantitative estimate of drug-likeness (QED) is 0.848. The van der Waals surface area contributed by atoms with Gasteiger partial charge in [0.25, 0.3) is 0 Å². The largest absolute Gasteiger partial charge is 0.456 e. The topological polar surface area (TPSA) is 32.7 Å². The zero-order valence-electron chi connectivity index (χ0n) is 14.3. The Morgan fingerprint density at radius 3 is 2.48 bits per heavy atom. The highest BCUT2D eigenvalue weighted by molar-refractivity contribution is 5.90. The van der Waals surface area contributed by atoms with Crippen LogP contribution in [0.2, 0.25) is 0 Å². The minimum Gasteiger partial charge on any atom is -0.456 e. The molecule has 0 bridgehead atoms. The molecule has 2 aliphatic rings. The van der Waals surface area contributed by atoms with Gasteiger partial charge in [0.1, 0.15) is 11.5 Å². The molecule has 0 atom stereocenters. The Hall–Kier alpha value is -2.36. The van der Waals surface area contributed by atoms with Crippen molar-refractivity contribution >= 4 is 11.6 Å². The summed E-state index contributed by atoms with van der Waals surface area (Å²) >= 11 is 0. The Kier molecular flexibility index (Phi) is 4.20. The van der Waals surface area contributed by atoms with E-state index in [1.54, 1.807) is 0 Å². The summed E-state index contributed by atoms with van der Waals surface area (Å²) in [5.74, 6) is 1.64. The molecule has 25 heavy (non-hydrogen) atoms. The number of para-hydroxylation sites is 2. The third-order valence-corrected chi connectivity index (χ3v) is 5.19. The lowest BCUT2D eigenvalue weighted by atomic mass is 9.79. The number of likely N-dealkylation sites (tertiary alicyclic amines) is 1. The third kappa shape index (κ3) is 3.01. The van der Waals surface area contributed by atoms with E-state index in [-0.39, 0.29) is 0 Å². The first-order valence-electron chi connectivity index (χ1n) is 8.84. The number of benzene rings is 2. The molecule has 128 valence electrons. The number of nitrogens with zero attached hydrogens (tertiary/aromatic N) is 1. The minimum atomic E-state index is -0.839.